The van der Waals surface area contributed by atoms with Crippen LogP contribution < -0.4 is 16.5 Å². The molecule has 7 heteroatoms. The lowest BCUT2D eigenvalue weighted by molar-refractivity contribution is -0.132. The van der Waals surface area contributed by atoms with Crippen LogP contribution in [0, 0.1) is 11.8 Å². The highest BCUT2D eigenvalue weighted by Gasteiger charge is 2.33. The fourth-order valence-electron chi connectivity index (χ4n) is 1.81. The third-order valence-electron chi connectivity index (χ3n) is 3.06. The molecule has 0 unspecified atom stereocenters. The van der Waals surface area contributed by atoms with Crippen molar-refractivity contribution in [1.82, 2.24) is 10.8 Å². The first-order valence-corrected chi connectivity index (χ1v) is 7.20. The molecule has 0 saturated carbocycles. The third-order valence-corrected chi connectivity index (χ3v) is 3.06. The molecule has 0 aromatic heterocycles. The molecule has 128 valence electrons. The lowest BCUT2D eigenvalue weighted by Gasteiger charge is -2.29. The highest BCUT2D eigenvalue weighted by molar-refractivity contribution is 5.97. The number of carbonyl (C=O) groups is 2. The van der Waals surface area contributed by atoms with Gasteiger partial charge in [0.1, 0.15) is 6.04 Å². The molecule has 0 aliphatic rings. The van der Waals surface area contributed by atoms with Gasteiger partial charge in [-0.05, 0) is 44.2 Å². The molecule has 0 spiro atoms. The van der Waals surface area contributed by atoms with Gasteiger partial charge in [-0.25, -0.2) is 5.48 Å². The summed E-state index contributed by atoms with van der Waals surface area (Å²) in [5.41, 5.74) is 7.31. The molecule has 6 N–H and O–H groups in total. The van der Waals surface area contributed by atoms with Gasteiger partial charge in [0.2, 0.25) is 0 Å². The van der Waals surface area contributed by atoms with Crippen LogP contribution in [0.5, 0.6) is 0 Å². The number of aliphatic hydroxyl groups excluding tert-OH is 1. The quantitative estimate of drug-likeness (QED) is 0.293. The topological polar surface area (TPSA) is 125 Å². The van der Waals surface area contributed by atoms with Crippen molar-refractivity contribution in [1.29, 1.82) is 0 Å². The molecule has 24 heavy (non-hydrogen) atoms. The number of aliphatic hydroxyl groups is 1. The maximum atomic E-state index is 12.2. The molecule has 1 aromatic carbocycles. The number of allylic oxidation sites excluding steroid dienone is 1. The first kappa shape index (κ1) is 19.4. The van der Waals surface area contributed by atoms with E-state index in [0.717, 1.165) is 0 Å². The Morgan fingerprint density at radius 1 is 1.33 bits per heavy atom. The maximum Gasteiger partial charge on any atom is 0.267 e. The number of hydroxylamine groups is 1. The SMILES string of the molecule is CC(C)(N)[C@H](NC(=O)c1ccc(C#CC=CCO)cc1)C(=O)NO. The Kier molecular flexibility index (Phi) is 7.14. The summed E-state index contributed by atoms with van der Waals surface area (Å²) in [6.07, 6.45) is 3.04. The largest absolute Gasteiger partial charge is 0.392 e. The average Bonchev–Trinajstić information content (AvgIpc) is 2.55. The van der Waals surface area contributed by atoms with Crippen LogP contribution in [0.15, 0.2) is 36.4 Å². The zero-order chi connectivity index (χ0) is 18.2. The fourth-order valence-corrected chi connectivity index (χ4v) is 1.81. The first-order chi connectivity index (χ1) is 11.3. The zero-order valence-corrected chi connectivity index (χ0v) is 13.5. The minimum Gasteiger partial charge on any atom is -0.392 e. The minimum atomic E-state index is -1.10. The van der Waals surface area contributed by atoms with Crippen molar-refractivity contribution in [2.75, 3.05) is 6.61 Å². The maximum absolute atomic E-state index is 12.2. The Labute approximate surface area is 140 Å². The number of benzene rings is 1. The van der Waals surface area contributed by atoms with Gasteiger partial charge < -0.3 is 16.2 Å². The van der Waals surface area contributed by atoms with E-state index in [1.165, 1.54) is 17.6 Å². The standard InChI is InChI=1S/C17H21N3O4/c1-17(2,18)14(16(23)20-24)19-15(22)13-9-7-12(8-10-13)6-4-3-5-11-21/h3,5,7-10,14,21,24H,11,18H2,1-2H3,(H,19,22)(H,20,23)/t14-/m1/s1. The molecule has 0 heterocycles. The molecule has 0 aliphatic carbocycles. The molecule has 0 fully saturated rings. The van der Waals surface area contributed by atoms with Crippen molar-refractivity contribution in [3.05, 3.63) is 47.5 Å². The molecule has 0 radical (unpaired) electrons. The van der Waals surface area contributed by atoms with E-state index >= 15 is 0 Å². The van der Waals surface area contributed by atoms with Gasteiger partial charge >= 0.3 is 0 Å². The molecular formula is C17H21N3O4. The number of rotatable bonds is 5. The molecule has 0 saturated heterocycles. The molecule has 1 aromatic rings. The number of nitrogens with two attached hydrogens (primary N) is 1. The van der Waals surface area contributed by atoms with E-state index in [0.29, 0.717) is 11.1 Å². The van der Waals surface area contributed by atoms with Crippen LogP contribution in [0.2, 0.25) is 0 Å². The van der Waals surface area contributed by atoms with Crippen LogP contribution in [0.3, 0.4) is 0 Å². The van der Waals surface area contributed by atoms with Gasteiger partial charge in [-0.15, -0.1) is 0 Å². The second-order valence-corrected chi connectivity index (χ2v) is 5.64. The lowest BCUT2D eigenvalue weighted by Crippen LogP contribution is -2.61. The van der Waals surface area contributed by atoms with Crippen molar-refractivity contribution >= 4 is 11.8 Å². The average molecular weight is 331 g/mol. The summed E-state index contributed by atoms with van der Waals surface area (Å²) in [7, 11) is 0. The van der Waals surface area contributed by atoms with Gasteiger partial charge in [-0.2, -0.15) is 0 Å². The number of hydrogen-bond donors (Lipinski definition) is 5. The normalized spacial score (nSPS) is 12.2. The summed E-state index contributed by atoms with van der Waals surface area (Å²) in [6, 6.07) is 5.34. The van der Waals surface area contributed by atoms with Crippen LogP contribution in [0.4, 0.5) is 0 Å². The van der Waals surface area contributed by atoms with Crippen molar-refractivity contribution in [2.24, 2.45) is 5.73 Å². The van der Waals surface area contributed by atoms with Crippen molar-refractivity contribution in [2.45, 2.75) is 25.4 Å². The lowest BCUT2D eigenvalue weighted by atomic mass is 9.95. The van der Waals surface area contributed by atoms with E-state index in [1.807, 2.05) is 0 Å². The number of carbonyl (C=O) groups excluding carboxylic acids is 2. The smallest absolute Gasteiger partial charge is 0.267 e. The molecular weight excluding hydrogens is 310 g/mol. The number of amides is 2. The predicted octanol–water partition coefficient (Wildman–Crippen LogP) is -0.0723. The van der Waals surface area contributed by atoms with E-state index in [4.69, 9.17) is 16.0 Å². The third kappa shape index (κ3) is 5.85. The minimum absolute atomic E-state index is 0.0755. The van der Waals surface area contributed by atoms with E-state index in [-0.39, 0.29) is 6.61 Å². The van der Waals surface area contributed by atoms with Crippen LogP contribution >= 0.6 is 0 Å². The highest BCUT2D eigenvalue weighted by atomic mass is 16.5. The molecule has 0 aliphatic heterocycles. The summed E-state index contributed by atoms with van der Waals surface area (Å²) in [6.45, 7) is 3.05. The van der Waals surface area contributed by atoms with Crippen molar-refractivity contribution in [3.63, 3.8) is 0 Å². The number of hydrogen-bond acceptors (Lipinski definition) is 5. The fraction of sp³-hybridized carbons (Fsp3) is 0.294. The second kappa shape index (κ2) is 8.84. The zero-order valence-electron chi connectivity index (χ0n) is 13.5. The van der Waals surface area contributed by atoms with Gasteiger partial charge in [0.15, 0.2) is 0 Å². The van der Waals surface area contributed by atoms with Crippen LogP contribution in [0.25, 0.3) is 0 Å². The summed E-state index contributed by atoms with van der Waals surface area (Å²) < 4.78 is 0. The Morgan fingerprint density at radius 3 is 2.46 bits per heavy atom. The monoisotopic (exact) mass is 331 g/mol. The molecule has 0 bridgehead atoms. The number of nitrogens with one attached hydrogen (secondary N) is 2. The van der Waals surface area contributed by atoms with Crippen LogP contribution in [-0.4, -0.2) is 40.3 Å². The molecule has 1 rings (SSSR count). The Bertz CT molecular complexity index is 664. The van der Waals surface area contributed by atoms with E-state index in [1.54, 1.807) is 38.1 Å². The van der Waals surface area contributed by atoms with Crippen LogP contribution in [0.1, 0.15) is 29.8 Å². The van der Waals surface area contributed by atoms with Gasteiger partial charge in [-0.1, -0.05) is 17.9 Å². The first-order valence-electron chi connectivity index (χ1n) is 7.20. The molecule has 7 nitrogen and oxygen atoms in total. The Morgan fingerprint density at radius 2 is 1.96 bits per heavy atom. The van der Waals surface area contributed by atoms with Gasteiger partial charge in [0.05, 0.1) is 6.61 Å². The summed E-state index contributed by atoms with van der Waals surface area (Å²) >= 11 is 0. The summed E-state index contributed by atoms with van der Waals surface area (Å²) in [5.74, 6) is 4.28. The molecule has 2 amide bonds. The van der Waals surface area contributed by atoms with Gasteiger partial charge in [-0.3, -0.25) is 14.8 Å². The summed E-state index contributed by atoms with van der Waals surface area (Å²) in [4.78, 5) is 23.9. The predicted molar refractivity (Wildman–Crippen MR) is 89.0 cm³/mol. The Hall–Kier alpha value is -2.66. The highest BCUT2D eigenvalue weighted by Crippen LogP contribution is 2.08. The summed E-state index contributed by atoms with van der Waals surface area (Å²) in [5, 5.41) is 19.9. The van der Waals surface area contributed by atoms with Gasteiger partial charge in [0, 0.05) is 16.7 Å². The second-order valence-electron chi connectivity index (χ2n) is 5.64. The Balaban J connectivity index is 2.85. The van der Waals surface area contributed by atoms with E-state index in [9.17, 15) is 9.59 Å². The van der Waals surface area contributed by atoms with E-state index < -0.39 is 23.4 Å². The van der Waals surface area contributed by atoms with Crippen molar-refractivity contribution in [3.8, 4) is 11.8 Å². The molecule has 1 atom stereocenters. The van der Waals surface area contributed by atoms with E-state index in [2.05, 4.69) is 17.2 Å². The van der Waals surface area contributed by atoms with Crippen molar-refractivity contribution < 1.29 is 19.9 Å². The van der Waals surface area contributed by atoms with Gasteiger partial charge in [0.25, 0.3) is 11.8 Å². The van der Waals surface area contributed by atoms with Crippen LogP contribution in [-0.2, 0) is 4.79 Å².